The molecule has 1 aliphatic rings. The Morgan fingerprint density at radius 2 is 2.00 bits per heavy atom. The molecule has 0 radical (unpaired) electrons. The molecule has 6 heteroatoms. The molecular weight excluding hydrogens is 372 g/mol. The predicted octanol–water partition coefficient (Wildman–Crippen LogP) is 4.59. The summed E-state index contributed by atoms with van der Waals surface area (Å²) in [5, 5.41) is 2.97. The van der Waals surface area contributed by atoms with E-state index < -0.39 is 0 Å². The molecule has 0 unspecified atom stereocenters. The van der Waals surface area contributed by atoms with E-state index in [1.165, 1.54) is 18.4 Å². The average Bonchev–Trinajstić information content (AvgIpc) is 3.39. The Hall–Kier alpha value is -1.92. The number of aromatic nitrogens is 1. The van der Waals surface area contributed by atoms with Crippen LogP contribution < -0.4 is 4.74 Å². The largest absolute Gasteiger partial charge is 0.486 e. The van der Waals surface area contributed by atoms with Gasteiger partial charge in [0.1, 0.15) is 17.4 Å². The fraction of sp³-hybridized carbons (Fsp3) is 0.545. The summed E-state index contributed by atoms with van der Waals surface area (Å²) in [4.78, 5) is 19.6. The summed E-state index contributed by atoms with van der Waals surface area (Å²) in [6.45, 7) is 4.47. The highest BCUT2D eigenvalue weighted by molar-refractivity contribution is 7.09. The van der Waals surface area contributed by atoms with Gasteiger partial charge in [-0.15, -0.1) is 11.3 Å². The summed E-state index contributed by atoms with van der Waals surface area (Å²) < 4.78 is 11.0. The topological polar surface area (TPSA) is 51.7 Å². The summed E-state index contributed by atoms with van der Waals surface area (Å²) in [7, 11) is 1.70. The molecule has 0 aliphatic heterocycles. The number of carbonyl (C=O) groups excluding carboxylic acids is 1. The lowest BCUT2D eigenvalue weighted by Gasteiger charge is -2.25. The second kappa shape index (κ2) is 10.6. The van der Waals surface area contributed by atoms with Gasteiger partial charge in [0.15, 0.2) is 0 Å². The van der Waals surface area contributed by atoms with E-state index in [9.17, 15) is 4.79 Å². The molecule has 3 rings (SSSR count). The molecule has 0 saturated heterocycles. The van der Waals surface area contributed by atoms with Crippen LogP contribution in [0.4, 0.5) is 0 Å². The smallest absolute Gasteiger partial charge is 0.226 e. The molecule has 1 heterocycles. The van der Waals surface area contributed by atoms with E-state index in [-0.39, 0.29) is 11.8 Å². The average molecular weight is 403 g/mol. The first kappa shape index (κ1) is 20.8. The number of ether oxygens (including phenoxy) is 2. The highest BCUT2D eigenvalue weighted by Crippen LogP contribution is 2.27. The number of hydrogen-bond acceptors (Lipinski definition) is 5. The number of methoxy groups -OCH3 is 1. The third-order valence-electron chi connectivity index (χ3n) is 5.13. The zero-order chi connectivity index (χ0) is 19.8. The van der Waals surface area contributed by atoms with Gasteiger partial charge in [0.2, 0.25) is 5.91 Å². The first-order valence-corrected chi connectivity index (χ1v) is 10.9. The predicted molar refractivity (Wildman–Crippen MR) is 111 cm³/mol. The molecule has 152 valence electrons. The first-order valence-electron chi connectivity index (χ1n) is 10.1. The monoisotopic (exact) mass is 402 g/mol. The van der Waals surface area contributed by atoms with Gasteiger partial charge in [-0.25, -0.2) is 4.98 Å². The molecule has 1 aromatic heterocycles. The van der Waals surface area contributed by atoms with Crippen LogP contribution in [0.5, 0.6) is 5.75 Å². The van der Waals surface area contributed by atoms with Crippen LogP contribution in [0.25, 0.3) is 0 Å². The molecule has 5 nitrogen and oxygen atoms in total. The van der Waals surface area contributed by atoms with Crippen LogP contribution in [-0.4, -0.2) is 36.1 Å². The molecule has 1 amide bonds. The maximum absolute atomic E-state index is 12.9. The Morgan fingerprint density at radius 1 is 1.25 bits per heavy atom. The molecule has 2 aromatic rings. The van der Waals surface area contributed by atoms with Gasteiger partial charge >= 0.3 is 0 Å². The zero-order valence-electron chi connectivity index (χ0n) is 16.9. The van der Waals surface area contributed by atoms with Gasteiger partial charge in [-0.1, -0.05) is 30.5 Å². The third-order valence-corrected chi connectivity index (χ3v) is 6.00. The van der Waals surface area contributed by atoms with Crippen LogP contribution in [-0.2, 0) is 22.7 Å². The van der Waals surface area contributed by atoms with Gasteiger partial charge < -0.3 is 14.4 Å². The van der Waals surface area contributed by atoms with Crippen molar-refractivity contribution >= 4 is 17.2 Å². The van der Waals surface area contributed by atoms with Crippen LogP contribution in [0.3, 0.4) is 0 Å². The molecule has 1 fully saturated rings. The van der Waals surface area contributed by atoms with Crippen molar-refractivity contribution in [2.75, 3.05) is 20.3 Å². The second-order valence-corrected chi connectivity index (χ2v) is 8.36. The van der Waals surface area contributed by atoms with Crippen LogP contribution >= 0.6 is 11.3 Å². The summed E-state index contributed by atoms with van der Waals surface area (Å²) in [6.07, 6.45) is 5.22. The molecular formula is C22H30N2O3S. The van der Waals surface area contributed by atoms with Crippen molar-refractivity contribution in [1.29, 1.82) is 0 Å². The normalized spacial score (nSPS) is 14.4. The van der Waals surface area contributed by atoms with E-state index in [0.717, 1.165) is 42.3 Å². The minimum absolute atomic E-state index is 0.186. The molecule has 1 saturated carbocycles. The van der Waals surface area contributed by atoms with Crippen molar-refractivity contribution < 1.29 is 14.3 Å². The minimum Gasteiger partial charge on any atom is -0.486 e. The van der Waals surface area contributed by atoms with Crippen LogP contribution in [0.2, 0.25) is 0 Å². The van der Waals surface area contributed by atoms with E-state index in [1.54, 1.807) is 18.4 Å². The highest BCUT2D eigenvalue weighted by atomic mass is 32.1. The Bertz CT molecular complexity index is 738. The molecule has 28 heavy (non-hydrogen) atoms. The van der Waals surface area contributed by atoms with Gasteiger partial charge in [-0.3, -0.25) is 4.79 Å². The highest BCUT2D eigenvalue weighted by Gasteiger charge is 2.27. The number of benzene rings is 1. The molecule has 1 aromatic carbocycles. The second-order valence-electron chi connectivity index (χ2n) is 7.42. The Labute approximate surface area is 171 Å². The number of thiazole rings is 1. The third kappa shape index (κ3) is 6.04. The van der Waals surface area contributed by atoms with Crippen LogP contribution in [0.15, 0.2) is 29.6 Å². The van der Waals surface area contributed by atoms with Crippen molar-refractivity contribution in [2.45, 2.75) is 52.2 Å². The van der Waals surface area contributed by atoms with Crippen molar-refractivity contribution in [3.05, 3.63) is 45.9 Å². The van der Waals surface area contributed by atoms with Crippen molar-refractivity contribution in [1.82, 2.24) is 9.88 Å². The Balaban J connectivity index is 1.57. The molecule has 0 bridgehead atoms. The van der Waals surface area contributed by atoms with Gasteiger partial charge in [0.05, 0.1) is 12.2 Å². The number of amides is 1. The van der Waals surface area contributed by atoms with Crippen LogP contribution in [0, 0.1) is 12.8 Å². The Morgan fingerprint density at radius 3 is 2.71 bits per heavy atom. The maximum atomic E-state index is 12.9. The summed E-state index contributed by atoms with van der Waals surface area (Å²) >= 11 is 1.59. The van der Waals surface area contributed by atoms with Gasteiger partial charge in [0, 0.05) is 31.6 Å². The lowest BCUT2D eigenvalue weighted by molar-refractivity contribution is -0.136. The summed E-state index contributed by atoms with van der Waals surface area (Å²) in [5.41, 5.74) is 2.15. The van der Waals surface area contributed by atoms with E-state index in [0.29, 0.717) is 19.8 Å². The Kier molecular flexibility index (Phi) is 7.86. The standard InChI is InChI=1S/C22H30N2O3S/c1-17-8-10-20(11-9-17)27-15-21-23-19(16-28-21)14-24(12-5-13-26-2)22(25)18-6-3-4-7-18/h8-11,16,18H,3-7,12-15H2,1-2H3. The van der Waals surface area contributed by atoms with Crippen molar-refractivity contribution in [3.63, 3.8) is 0 Å². The molecule has 1 aliphatic carbocycles. The maximum Gasteiger partial charge on any atom is 0.226 e. The van der Waals surface area contributed by atoms with Crippen molar-refractivity contribution in [3.8, 4) is 5.75 Å². The fourth-order valence-electron chi connectivity index (χ4n) is 3.56. The lowest BCUT2D eigenvalue weighted by Crippen LogP contribution is -2.36. The SMILES string of the molecule is COCCCN(Cc1csc(COc2ccc(C)cc2)n1)C(=O)C1CCCC1. The number of aryl methyl sites for hydroxylation is 1. The number of nitrogens with zero attached hydrogens (tertiary/aromatic N) is 2. The van der Waals surface area contributed by atoms with Gasteiger partial charge in [-0.05, 0) is 38.3 Å². The van der Waals surface area contributed by atoms with Crippen molar-refractivity contribution in [2.24, 2.45) is 5.92 Å². The number of hydrogen-bond donors (Lipinski definition) is 0. The zero-order valence-corrected chi connectivity index (χ0v) is 17.7. The van der Waals surface area contributed by atoms with E-state index >= 15 is 0 Å². The van der Waals surface area contributed by atoms with E-state index in [2.05, 4.69) is 11.9 Å². The number of carbonyl (C=O) groups is 1. The fourth-order valence-corrected chi connectivity index (χ4v) is 4.26. The molecule has 0 N–H and O–H groups in total. The first-order chi connectivity index (χ1) is 13.7. The number of rotatable bonds is 10. The lowest BCUT2D eigenvalue weighted by atomic mass is 10.1. The van der Waals surface area contributed by atoms with Crippen LogP contribution in [0.1, 0.15) is 48.4 Å². The van der Waals surface area contributed by atoms with Gasteiger partial charge in [-0.2, -0.15) is 0 Å². The van der Waals surface area contributed by atoms with E-state index in [4.69, 9.17) is 9.47 Å². The quantitative estimate of drug-likeness (QED) is 0.546. The summed E-state index contributed by atoms with van der Waals surface area (Å²) in [5.74, 6) is 1.31. The van der Waals surface area contributed by atoms with Gasteiger partial charge in [0.25, 0.3) is 0 Å². The molecule has 0 atom stereocenters. The minimum atomic E-state index is 0.186. The summed E-state index contributed by atoms with van der Waals surface area (Å²) in [6, 6.07) is 8.02. The molecule has 0 spiro atoms. The van der Waals surface area contributed by atoms with E-state index in [1.807, 2.05) is 34.5 Å².